The van der Waals surface area contributed by atoms with Crippen LogP contribution in [0.2, 0.25) is 0 Å². The molecule has 0 spiro atoms. The Morgan fingerprint density at radius 1 is 1.09 bits per heavy atom. The highest BCUT2D eigenvalue weighted by atomic mass is 16.5. The Hall–Kier alpha value is -2.84. The molecule has 3 fully saturated rings. The SMILES string of the molecule is C=C1OCCC1C.CCC(=O)N1CCN2C(=O)CCC2C1.CCC(=O)N1CCc2nc(C)[nH]c2C1. The zero-order chi connectivity index (χ0) is 25.5. The van der Waals surface area contributed by atoms with Crippen LogP contribution < -0.4 is 0 Å². The van der Waals surface area contributed by atoms with E-state index in [0.29, 0.717) is 37.8 Å². The van der Waals surface area contributed by atoms with E-state index in [2.05, 4.69) is 23.5 Å². The summed E-state index contributed by atoms with van der Waals surface area (Å²) < 4.78 is 5.07. The van der Waals surface area contributed by atoms with E-state index in [9.17, 15) is 14.4 Å². The molecule has 4 aliphatic rings. The summed E-state index contributed by atoms with van der Waals surface area (Å²) in [5.41, 5.74) is 2.23. The number of piperazine rings is 1. The molecular formula is C26H41N5O4. The maximum atomic E-state index is 11.5. The van der Waals surface area contributed by atoms with Crippen molar-refractivity contribution in [2.45, 2.75) is 78.8 Å². The summed E-state index contributed by atoms with van der Waals surface area (Å²) in [4.78, 5) is 47.6. The van der Waals surface area contributed by atoms with Crippen molar-refractivity contribution in [2.24, 2.45) is 5.92 Å². The number of aromatic amines is 1. The first-order chi connectivity index (χ1) is 16.7. The number of rotatable bonds is 2. The van der Waals surface area contributed by atoms with Gasteiger partial charge in [-0.2, -0.15) is 0 Å². The summed E-state index contributed by atoms with van der Waals surface area (Å²) in [6, 6.07) is 0.298. The lowest BCUT2D eigenvalue weighted by atomic mass is 10.1. The minimum Gasteiger partial charge on any atom is -0.498 e. The molecule has 0 saturated carbocycles. The zero-order valence-electron chi connectivity index (χ0n) is 21.8. The summed E-state index contributed by atoms with van der Waals surface area (Å²) in [6.45, 7) is 16.2. The van der Waals surface area contributed by atoms with Gasteiger partial charge in [-0.1, -0.05) is 27.4 Å². The van der Waals surface area contributed by atoms with E-state index in [-0.39, 0.29) is 17.7 Å². The summed E-state index contributed by atoms with van der Waals surface area (Å²) >= 11 is 0. The van der Waals surface area contributed by atoms with Gasteiger partial charge in [0.05, 0.1) is 30.3 Å². The van der Waals surface area contributed by atoms with Gasteiger partial charge in [0, 0.05) is 63.8 Å². The van der Waals surface area contributed by atoms with Crippen LogP contribution in [0.3, 0.4) is 0 Å². The molecule has 0 aromatic carbocycles. The van der Waals surface area contributed by atoms with Crippen LogP contribution in [0.1, 0.15) is 70.1 Å². The van der Waals surface area contributed by atoms with Crippen LogP contribution in [-0.2, 0) is 32.1 Å². The van der Waals surface area contributed by atoms with Gasteiger partial charge < -0.3 is 24.4 Å². The number of nitrogens with one attached hydrogen (secondary N) is 1. The number of ether oxygens (including phenoxy) is 1. The van der Waals surface area contributed by atoms with Gasteiger partial charge in [-0.3, -0.25) is 14.4 Å². The molecule has 1 aromatic heterocycles. The Morgan fingerprint density at radius 3 is 2.40 bits per heavy atom. The van der Waals surface area contributed by atoms with Gasteiger partial charge in [-0.15, -0.1) is 0 Å². The lowest BCUT2D eigenvalue weighted by Crippen LogP contribution is -2.53. The summed E-state index contributed by atoms with van der Waals surface area (Å²) in [5.74, 6) is 3.20. The summed E-state index contributed by atoms with van der Waals surface area (Å²) in [6.07, 6.45) is 4.78. The fraction of sp³-hybridized carbons (Fsp3) is 0.692. The predicted octanol–water partition coefficient (Wildman–Crippen LogP) is 2.80. The first-order valence-electron chi connectivity index (χ1n) is 12.9. The van der Waals surface area contributed by atoms with Gasteiger partial charge in [0.15, 0.2) is 0 Å². The maximum Gasteiger partial charge on any atom is 0.223 e. The molecule has 4 aliphatic heterocycles. The quantitative estimate of drug-likeness (QED) is 0.692. The van der Waals surface area contributed by atoms with Gasteiger partial charge in [-0.05, 0) is 19.8 Å². The largest absolute Gasteiger partial charge is 0.498 e. The second kappa shape index (κ2) is 12.2. The van der Waals surface area contributed by atoms with Crippen molar-refractivity contribution >= 4 is 17.7 Å². The fourth-order valence-corrected chi connectivity index (χ4v) is 4.86. The summed E-state index contributed by atoms with van der Waals surface area (Å²) in [7, 11) is 0. The first kappa shape index (κ1) is 26.8. The van der Waals surface area contributed by atoms with E-state index < -0.39 is 0 Å². The standard InChI is InChI=1S/C10H15N3O.C10H16N2O2.C6H10O/c1-3-10(14)13-5-4-8-9(6-13)12-7(2)11-8;1-2-9(13)11-5-6-12-8(7-11)3-4-10(12)14;1-5-3-4-7-6(5)2/h3-6H2,1-2H3,(H,11,12);8H,2-7H2,1H3;5H,2-4H2,1H3. The van der Waals surface area contributed by atoms with Crippen LogP contribution in [0.5, 0.6) is 0 Å². The smallest absolute Gasteiger partial charge is 0.223 e. The molecule has 1 N–H and O–H groups in total. The molecule has 2 unspecified atom stereocenters. The lowest BCUT2D eigenvalue weighted by molar-refractivity contribution is -0.138. The van der Waals surface area contributed by atoms with Gasteiger partial charge in [-0.25, -0.2) is 4.98 Å². The molecule has 35 heavy (non-hydrogen) atoms. The van der Waals surface area contributed by atoms with Crippen molar-refractivity contribution < 1.29 is 19.1 Å². The van der Waals surface area contributed by atoms with E-state index >= 15 is 0 Å². The molecule has 0 aliphatic carbocycles. The topological polar surface area (TPSA) is 98.8 Å². The van der Waals surface area contributed by atoms with Crippen molar-refractivity contribution in [3.05, 3.63) is 29.6 Å². The minimum atomic E-state index is 0.212. The third kappa shape index (κ3) is 6.86. The Bertz CT molecular complexity index is 927. The van der Waals surface area contributed by atoms with Gasteiger partial charge in [0.1, 0.15) is 5.82 Å². The molecule has 3 amide bonds. The molecule has 9 nitrogen and oxygen atoms in total. The monoisotopic (exact) mass is 487 g/mol. The van der Waals surface area contributed by atoms with Crippen LogP contribution >= 0.6 is 0 Å². The fourth-order valence-electron chi connectivity index (χ4n) is 4.86. The van der Waals surface area contributed by atoms with Crippen LogP contribution in [0, 0.1) is 12.8 Å². The number of hydrogen-bond acceptors (Lipinski definition) is 5. The minimum absolute atomic E-state index is 0.212. The van der Waals surface area contributed by atoms with Crippen molar-refractivity contribution in [2.75, 3.05) is 32.8 Å². The number of nitrogens with zero attached hydrogens (tertiary/aromatic N) is 4. The maximum absolute atomic E-state index is 11.5. The van der Waals surface area contributed by atoms with Crippen LogP contribution in [0.15, 0.2) is 12.3 Å². The molecule has 2 atom stereocenters. The molecule has 0 radical (unpaired) electrons. The summed E-state index contributed by atoms with van der Waals surface area (Å²) in [5, 5.41) is 0. The number of carbonyl (C=O) groups excluding carboxylic acids is 3. The molecule has 194 valence electrons. The Morgan fingerprint density at radius 2 is 1.80 bits per heavy atom. The van der Waals surface area contributed by atoms with Gasteiger partial charge in [0.25, 0.3) is 0 Å². The van der Waals surface area contributed by atoms with Crippen LogP contribution in [-0.4, -0.2) is 81.2 Å². The zero-order valence-corrected chi connectivity index (χ0v) is 21.8. The first-order valence-corrected chi connectivity index (χ1v) is 12.9. The predicted molar refractivity (Wildman–Crippen MR) is 133 cm³/mol. The molecule has 3 saturated heterocycles. The highest BCUT2D eigenvalue weighted by Gasteiger charge is 2.36. The number of hydrogen-bond donors (Lipinski definition) is 1. The van der Waals surface area contributed by atoms with E-state index in [1.807, 2.05) is 35.5 Å². The number of fused-ring (bicyclic) bond motifs is 2. The Labute approximate surface area is 208 Å². The third-order valence-electron chi connectivity index (χ3n) is 7.14. The number of imidazole rings is 1. The number of allylic oxidation sites excluding steroid dienone is 1. The molecule has 5 rings (SSSR count). The number of aryl methyl sites for hydroxylation is 1. The van der Waals surface area contributed by atoms with Crippen molar-refractivity contribution in [1.82, 2.24) is 24.7 Å². The van der Waals surface area contributed by atoms with Crippen LogP contribution in [0.25, 0.3) is 0 Å². The van der Waals surface area contributed by atoms with E-state index in [1.165, 1.54) is 0 Å². The number of H-pyrrole nitrogens is 1. The molecule has 5 heterocycles. The van der Waals surface area contributed by atoms with Gasteiger partial charge in [0.2, 0.25) is 17.7 Å². The highest BCUT2D eigenvalue weighted by Crippen LogP contribution is 2.23. The number of amides is 3. The number of aromatic nitrogens is 2. The highest BCUT2D eigenvalue weighted by molar-refractivity contribution is 5.80. The average Bonchev–Trinajstić information content (AvgIpc) is 3.55. The van der Waals surface area contributed by atoms with Crippen molar-refractivity contribution in [1.29, 1.82) is 0 Å². The molecule has 1 aromatic rings. The Balaban J connectivity index is 0.000000155. The Kier molecular flexibility index (Phi) is 9.34. The molecular weight excluding hydrogens is 446 g/mol. The van der Waals surface area contributed by atoms with E-state index in [4.69, 9.17) is 4.74 Å². The third-order valence-corrected chi connectivity index (χ3v) is 7.14. The second-order valence-corrected chi connectivity index (χ2v) is 9.64. The molecule has 9 heteroatoms. The van der Waals surface area contributed by atoms with Crippen LogP contribution in [0.4, 0.5) is 0 Å². The average molecular weight is 488 g/mol. The normalized spacial score (nSPS) is 22.9. The number of carbonyl (C=O) groups is 3. The lowest BCUT2D eigenvalue weighted by Gasteiger charge is -2.37. The van der Waals surface area contributed by atoms with E-state index in [1.54, 1.807) is 0 Å². The molecule has 0 bridgehead atoms. The van der Waals surface area contributed by atoms with Crippen molar-refractivity contribution in [3.8, 4) is 0 Å². The second-order valence-electron chi connectivity index (χ2n) is 9.64. The van der Waals surface area contributed by atoms with Gasteiger partial charge >= 0.3 is 0 Å². The van der Waals surface area contributed by atoms with Crippen molar-refractivity contribution in [3.63, 3.8) is 0 Å². The van der Waals surface area contributed by atoms with E-state index in [0.717, 1.165) is 75.0 Å².